The van der Waals surface area contributed by atoms with Crippen molar-refractivity contribution in [3.05, 3.63) is 18.5 Å². The molecule has 0 bridgehead atoms. The van der Waals surface area contributed by atoms with Crippen molar-refractivity contribution >= 4 is 11.9 Å². The number of nitrogens with one attached hydrogen (secondary N) is 1. The third-order valence-corrected chi connectivity index (χ3v) is 4.05. The number of methoxy groups -OCH3 is 1. The molecule has 1 fully saturated rings. The number of rotatable bonds is 5. The third-order valence-electron chi connectivity index (χ3n) is 4.05. The van der Waals surface area contributed by atoms with E-state index in [0.717, 1.165) is 0 Å². The maximum Gasteiger partial charge on any atom is 0.410 e. The van der Waals surface area contributed by atoms with Crippen LogP contribution in [0.5, 0.6) is 11.5 Å². The van der Waals surface area contributed by atoms with E-state index in [1.54, 1.807) is 30.5 Å². The summed E-state index contributed by atoms with van der Waals surface area (Å²) in [5.74, 6) is 1.72. The molecule has 0 radical (unpaired) electrons. The number of anilines is 1. The van der Waals surface area contributed by atoms with Crippen molar-refractivity contribution in [2.24, 2.45) is 5.92 Å². The predicted octanol–water partition coefficient (Wildman–Crippen LogP) is 2.31. The van der Waals surface area contributed by atoms with Gasteiger partial charge in [0.15, 0.2) is 5.75 Å². The first-order valence-corrected chi connectivity index (χ1v) is 8.71. The van der Waals surface area contributed by atoms with Crippen LogP contribution in [0.4, 0.5) is 10.6 Å². The molecule has 9 nitrogen and oxygen atoms in total. The van der Waals surface area contributed by atoms with Crippen LogP contribution in [0, 0.1) is 5.92 Å². The minimum absolute atomic E-state index is 0.225. The first-order chi connectivity index (χ1) is 12.8. The molecule has 1 aliphatic heterocycles. The molecule has 1 amide bonds. The Labute approximate surface area is 157 Å². The van der Waals surface area contributed by atoms with Crippen LogP contribution < -0.4 is 15.2 Å². The number of pyridine rings is 1. The number of aromatic nitrogens is 3. The van der Waals surface area contributed by atoms with Gasteiger partial charge in [0.2, 0.25) is 0 Å². The first kappa shape index (κ1) is 18.8. The highest BCUT2D eigenvalue weighted by atomic mass is 16.6. The van der Waals surface area contributed by atoms with Crippen molar-refractivity contribution in [2.45, 2.75) is 26.4 Å². The lowest BCUT2D eigenvalue weighted by atomic mass is 10.0. The summed E-state index contributed by atoms with van der Waals surface area (Å²) in [5, 5.41) is 6.82. The molecule has 3 rings (SSSR count). The Balaban J connectivity index is 1.62. The van der Waals surface area contributed by atoms with Crippen molar-refractivity contribution in [3.8, 4) is 22.8 Å². The van der Waals surface area contributed by atoms with Gasteiger partial charge in [-0.05, 0) is 20.8 Å². The second kappa shape index (κ2) is 7.34. The average molecular weight is 375 g/mol. The van der Waals surface area contributed by atoms with Crippen LogP contribution in [0.3, 0.4) is 0 Å². The van der Waals surface area contributed by atoms with E-state index < -0.39 is 5.60 Å². The second-order valence-electron chi connectivity index (χ2n) is 7.48. The summed E-state index contributed by atoms with van der Waals surface area (Å²) in [5.41, 5.74) is 6.61. The molecule has 0 atom stereocenters. The molecule has 9 heteroatoms. The fourth-order valence-electron chi connectivity index (χ4n) is 2.78. The van der Waals surface area contributed by atoms with Crippen molar-refractivity contribution in [1.29, 1.82) is 0 Å². The molecule has 0 aromatic carbocycles. The number of H-pyrrole nitrogens is 1. The maximum atomic E-state index is 12.0. The zero-order chi connectivity index (χ0) is 19.6. The largest absolute Gasteiger partial charge is 0.494 e. The SMILES string of the molecule is COc1cncc(OCC2CN(C(=O)OC(C)(C)C)C2)c1-c1cc(N)n[nH]1. The topological polar surface area (TPSA) is 116 Å². The van der Waals surface area contributed by atoms with Gasteiger partial charge in [-0.15, -0.1) is 0 Å². The number of hydrogen-bond donors (Lipinski definition) is 2. The molecule has 0 spiro atoms. The smallest absolute Gasteiger partial charge is 0.410 e. The standard InChI is InChI=1S/C18H25N5O4/c1-18(2,3)27-17(24)23-8-11(9-23)10-26-14-7-20-6-13(25-4)16(14)12-5-15(19)22-21-12/h5-7,11H,8-10H2,1-4H3,(H3,19,21,22). The molecule has 27 heavy (non-hydrogen) atoms. The highest BCUT2D eigenvalue weighted by Crippen LogP contribution is 2.37. The van der Waals surface area contributed by atoms with E-state index in [2.05, 4.69) is 15.2 Å². The van der Waals surface area contributed by atoms with Gasteiger partial charge in [0.05, 0.1) is 37.4 Å². The molecular weight excluding hydrogens is 350 g/mol. The van der Waals surface area contributed by atoms with Crippen molar-refractivity contribution < 1.29 is 19.0 Å². The van der Waals surface area contributed by atoms with E-state index in [9.17, 15) is 4.79 Å². The van der Waals surface area contributed by atoms with E-state index in [1.807, 2.05) is 20.8 Å². The Bertz CT molecular complexity index is 808. The number of ether oxygens (including phenoxy) is 3. The van der Waals surface area contributed by atoms with Gasteiger partial charge in [-0.25, -0.2) is 4.79 Å². The molecular formula is C18H25N5O4. The molecule has 0 saturated carbocycles. The van der Waals surface area contributed by atoms with Gasteiger partial charge in [-0.3, -0.25) is 10.1 Å². The molecule has 0 unspecified atom stereocenters. The average Bonchev–Trinajstić information content (AvgIpc) is 2.97. The molecule has 2 aromatic heterocycles. The van der Waals surface area contributed by atoms with E-state index in [-0.39, 0.29) is 12.0 Å². The van der Waals surface area contributed by atoms with E-state index >= 15 is 0 Å². The predicted molar refractivity (Wildman–Crippen MR) is 99.6 cm³/mol. The summed E-state index contributed by atoms with van der Waals surface area (Å²) >= 11 is 0. The number of amides is 1. The quantitative estimate of drug-likeness (QED) is 0.824. The van der Waals surface area contributed by atoms with Crippen LogP contribution in [0.25, 0.3) is 11.3 Å². The normalized spacial score (nSPS) is 14.6. The number of nitrogens with zero attached hydrogens (tertiary/aromatic N) is 3. The summed E-state index contributed by atoms with van der Waals surface area (Å²) in [6.45, 7) is 7.20. The van der Waals surface area contributed by atoms with Crippen LogP contribution in [-0.4, -0.2) is 58.6 Å². The third kappa shape index (κ3) is 4.42. The summed E-state index contributed by atoms with van der Waals surface area (Å²) < 4.78 is 16.7. The number of nitrogens with two attached hydrogens (primary N) is 1. The molecule has 1 saturated heterocycles. The zero-order valence-corrected chi connectivity index (χ0v) is 16.0. The number of carbonyl (C=O) groups excluding carboxylic acids is 1. The summed E-state index contributed by atoms with van der Waals surface area (Å²) in [4.78, 5) is 17.8. The van der Waals surface area contributed by atoms with Crippen molar-refractivity contribution in [1.82, 2.24) is 20.1 Å². The molecule has 0 aliphatic carbocycles. The van der Waals surface area contributed by atoms with Crippen LogP contribution in [0.2, 0.25) is 0 Å². The molecule has 1 aliphatic rings. The fourth-order valence-corrected chi connectivity index (χ4v) is 2.78. The zero-order valence-electron chi connectivity index (χ0n) is 16.0. The first-order valence-electron chi connectivity index (χ1n) is 8.71. The van der Waals surface area contributed by atoms with Gasteiger partial charge < -0.3 is 24.8 Å². The Hall–Kier alpha value is -2.97. The molecule has 146 valence electrons. The van der Waals surface area contributed by atoms with E-state index in [1.165, 1.54) is 0 Å². The highest BCUT2D eigenvalue weighted by Gasteiger charge is 2.34. The lowest BCUT2D eigenvalue weighted by Crippen LogP contribution is -2.53. The Kier molecular flexibility index (Phi) is 5.11. The summed E-state index contributed by atoms with van der Waals surface area (Å²) in [7, 11) is 1.56. The molecule has 2 aromatic rings. The second-order valence-corrected chi connectivity index (χ2v) is 7.48. The minimum atomic E-state index is -0.494. The Morgan fingerprint density at radius 2 is 2.04 bits per heavy atom. The molecule has 3 N–H and O–H groups in total. The van der Waals surface area contributed by atoms with Crippen LogP contribution in [0.1, 0.15) is 20.8 Å². The monoisotopic (exact) mass is 375 g/mol. The van der Waals surface area contributed by atoms with Gasteiger partial charge in [0.1, 0.15) is 17.2 Å². The lowest BCUT2D eigenvalue weighted by Gasteiger charge is -2.39. The van der Waals surface area contributed by atoms with Crippen molar-refractivity contribution in [3.63, 3.8) is 0 Å². The van der Waals surface area contributed by atoms with Gasteiger partial charge in [-0.1, -0.05) is 0 Å². The number of likely N-dealkylation sites (tertiary alicyclic amines) is 1. The minimum Gasteiger partial charge on any atom is -0.494 e. The number of hydrogen-bond acceptors (Lipinski definition) is 7. The Morgan fingerprint density at radius 3 is 2.63 bits per heavy atom. The van der Waals surface area contributed by atoms with Crippen LogP contribution in [-0.2, 0) is 4.74 Å². The summed E-state index contributed by atoms with van der Waals surface area (Å²) in [6.07, 6.45) is 2.93. The van der Waals surface area contributed by atoms with E-state index in [0.29, 0.717) is 48.3 Å². The van der Waals surface area contributed by atoms with E-state index in [4.69, 9.17) is 19.9 Å². The highest BCUT2D eigenvalue weighted by molar-refractivity contribution is 5.74. The number of carbonyl (C=O) groups is 1. The molecule has 3 heterocycles. The number of aromatic amines is 1. The van der Waals surface area contributed by atoms with Gasteiger partial charge >= 0.3 is 6.09 Å². The summed E-state index contributed by atoms with van der Waals surface area (Å²) in [6, 6.07) is 1.71. The van der Waals surface area contributed by atoms with Gasteiger partial charge in [0, 0.05) is 25.1 Å². The van der Waals surface area contributed by atoms with Crippen LogP contribution >= 0.6 is 0 Å². The lowest BCUT2D eigenvalue weighted by molar-refractivity contribution is -0.00781. The van der Waals surface area contributed by atoms with Crippen molar-refractivity contribution in [2.75, 3.05) is 32.5 Å². The number of nitrogen functional groups attached to an aromatic ring is 1. The van der Waals surface area contributed by atoms with Gasteiger partial charge in [-0.2, -0.15) is 5.10 Å². The Morgan fingerprint density at radius 1 is 1.33 bits per heavy atom. The van der Waals surface area contributed by atoms with Crippen LogP contribution in [0.15, 0.2) is 18.5 Å². The van der Waals surface area contributed by atoms with Gasteiger partial charge in [0.25, 0.3) is 0 Å². The fraction of sp³-hybridized carbons (Fsp3) is 0.500. The maximum absolute atomic E-state index is 12.0.